The third-order valence-electron chi connectivity index (χ3n) is 3.20. The third-order valence-corrected chi connectivity index (χ3v) is 3.94. The van der Waals surface area contributed by atoms with Crippen LogP contribution in [0.5, 0.6) is 0 Å². The first kappa shape index (κ1) is 16.9. The lowest BCUT2D eigenvalue weighted by Gasteiger charge is -2.29. The van der Waals surface area contributed by atoms with Crippen LogP contribution < -0.4 is 5.32 Å². The molecule has 5 nitrogen and oxygen atoms in total. The molecule has 0 aromatic carbocycles. The lowest BCUT2D eigenvalue weighted by molar-refractivity contribution is -0.139. The Labute approximate surface area is 129 Å². The van der Waals surface area contributed by atoms with Crippen LogP contribution in [0, 0.1) is 0 Å². The van der Waals surface area contributed by atoms with Crippen LogP contribution >= 0.6 is 23.7 Å². The van der Waals surface area contributed by atoms with E-state index >= 15 is 0 Å². The van der Waals surface area contributed by atoms with E-state index in [2.05, 4.69) is 5.32 Å². The second kappa shape index (κ2) is 8.24. The smallest absolute Gasteiger partial charge is 0.242 e. The number of carbonyl (C=O) groups excluding carboxylic acids is 2. The summed E-state index contributed by atoms with van der Waals surface area (Å²) in [4.78, 5) is 27.3. The summed E-state index contributed by atoms with van der Waals surface area (Å²) in [6, 6.07) is 1.94. The van der Waals surface area contributed by atoms with Crippen molar-refractivity contribution in [2.45, 2.75) is 6.42 Å². The SMILES string of the molecule is CN(CC(=O)N1CCNCC1)C(=O)Cc1ccsc1.Cl. The maximum atomic E-state index is 12.0. The minimum atomic E-state index is -0.0121. The summed E-state index contributed by atoms with van der Waals surface area (Å²) in [7, 11) is 1.69. The van der Waals surface area contributed by atoms with Crippen molar-refractivity contribution in [1.29, 1.82) is 0 Å². The second-order valence-corrected chi connectivity index (χ2v) is 5.47. The molecule has 0 bridgehead atoms. The Morgan fingerprint density at radius 3 is 2.70 bits per heavy atom. The number of halogens is 1. The quantitative estimate of drug-likeness (QED) is 0.885. The van der Waals surface area contributed by atoms with Crippen molar-refractivity contribution in [2.75, 3.05) is 39.8 Å². The van der Waals surface area contributed by atoms with E-state index in [1.807, 2.05) is 21.7 Å². The molecule has 112 valence electrons. The van der Waals surface area contributed by atoms with Gasteiger partial charge >= 0.3 is 0 Å². The summed E-state index contributed by atoms with van der Waals surface area (Å²) in [6.45, 7) is 3.29. The van der Waals surface area contributed by atoms with Gasteiger partial charge in [-0.3, -0.25) is 9.59 Å². The van der Waals surface area contributed by atoms with Crippen molar-refractivity contribution in [3.63, 3.8) is 0 Å². The van der Waals surface area contributed by atoms with Gasteiger partial charge in [0.1, 0.15) is 0 Å². The molecule has 20 heavy (non-hydrogen) atoms. The van der Waals surface area contributed by atoms with E-state index in [0.29, 0.717) is 6.42 Å². The summed E-state index contributed by atoms with van der Waals surface area (Å²) in [5.74, 6) is 0.0181. The molecule has 0 atom stereocenters. The van der Waals surface area contributed by atoms with Crippen molar-refractivity contribution in [3.05, 3.63) is 22.4 Å². The molecule has 0 spiro atoms. The highest BCUT2D eigenvalue weighted by atomic mass is 35.5. The minimum absolute atomic E-state index is 0. The van der Waals surface area contributed by atoms with Crippen LogP contribution in [0.15, 0.2) is 16.8 Å². The van der Waals surface area contributed by atoms with Crippen LogP contribution in [-0.4, -0.2) is 61.4 Å². The average molecular weight is 318 g/mol. The fourth-order valence-corrected chi connectivity index (χ4v) is 2.68. The summed E-state index contributed by atoms with van der Waals surface area (Å²) in [5, 5.41) is 7.12. The fourth-order valence-electron chi connectivity index (χ4n) is 2.01. The van der Waals surface area contributed by atoms with Gasteiger partial charge in [-0.2, -0.15) is 11.3 Å². The van der Waals surface area contributed by atoms with E-state index in [1.54, 1.807) is 18.4 Å². The molecule has 0 saturated carbocycles. The molecule has 1 fully saturated rings. The summed E-state index contributed by atoms with van der Waals surface area (Å²) in [5.41, 5.74) is 1.01. The van der Waals surface area contributed by atoms with Crippen molar-refractivity contribution in [2.24, 2.45) is 0 Å². The first-order valence-electron chi connectivity index (χ1n) is 6.40. The second-order valence-electron chi connectivity index (χ2n) is 4.69. The van der Waals surface area contributed by atoms with Gasteiger partial charge in [0.05, 0.1) is 13.0 Å². The molecular formula is C13H20ClN3O2S. The molecule has 2 rings (SSSR count). The van der Waals surface area contributed by atoms with Crippen LogP contribution in [0.25, 0.3) is 0 Å². The number of hydrogen-bond acceptors (Lipinski definition) is 4. The monoisotopic (exact) mass is 317 g/mol. The van der Waals surface area contributed by atoms with Gasteiger partial charge in [0.15, 0.2) is 0 Å². The highest BCUT2D eigenvalue weighted by molar-refractivity contribution is 7.07. The number of thiophene rings is 1. The van der Waals surface area contributed by atoms with E-state index in [0.717, 1.165) is 31.7 Å². The molecule has 1 aromatic heterocycles. The number of carbonyl (C=O) groups is 2. The standard InChI is InChI=1S/C13H19N3O2S.ClH/c1-15(12(17)8-11-2-7-19-10-11)9-13(18)16-5-3-14-4-6-16;/h2,7,10,14H,3-6,8-9H2,1H3;1H. The maximum Gasteiger partial charge on any atom is 0.242 e. The zero-order valence-corrected chi connectivity index (χ0v) is 13.1. The Kier molecular flexibility index (Phi) is 6.98. The molecule has 2 heterocycles. The Hall–Kier alpha value is -1.11. The Bertz CT molecular complexity index is 433. The van der Waals surface area contributed by atoms with Crippen LogP contribution in [0.1, 0.15) is 5.56 Å². The molecule has 1 aliphatic heterocycles. The lowest BCUT2D eigenvalue weighted by atomic mass is 10.2. The number of hydrogen-bond donors (Lipinski definition) is 1. The molecule has 1 aromatic rings. The fraction of sp³-hybridized carbons (Fsp3) is 0.538. The zero-order valence-electron chi connectivity index (χ0n) is 11.5. The molecule has 2 amide bonds. The van der Waals surface area contributed by atoms with Gasteiger partial charge in [0.2, 0.25) is 11.8 Å². The number of nitrogens with one attached hydrogen (secondary N) is 1. The molecule has 0 unspecified atom stereocenters. The maximum absolute atomic E-state index is 12.0. The van der Waals surface area contributed by atoms with Crippen molar-refractivity contribution < 1.29 is 9.59 Å². The number of nitrogens with zero attached hydrogens (tertiary/aromatic N) is 2. The van der Waals surface area contributed by atoms with Gasteiger partial charge in [0.25, 0.3) is 0 Å². The van der Waals surface area contributed by atoms with Crippen molar-refractivity contribution in [1.82, 2.24) is 15.1 Å². The van der Waals surface area contributed by atoms with E-state index in [-0.39, 0.29) is 30.8 Å². The highest BCUT2D eigenvalue weighted by Gasteiger charge is 2.19. The van der Waals surface area contributed by atoms with E-state index in [1.165, 1.54) is 4.90 Å². The number of piperazine rings is 1. The highest BCUT2D eigenvalue weighted by Crippen LogP contribution is 2.08. The van der Waals surface area contributed by atoms with E-state index in [4.69, 9.17) is 0 Å². The molecule has 0 aliphatic carbocycles. The lowest BCUT2D eigenvalue weighted by Crippen LogP contribution is -2.49. The first-order valence-corrected chi connectivity index (χ1v) is 7.34. The molecule has 7 heteroatoms. The van der Waals surface area contributed by atoms with Crippen LogP contribution in [0.4, 0.5) is 0 Å². The van der Waals surface area contributed by atoms with E-state index < -0.39 is 0 Å². The number of rotatable bonds is 4. The molecular weight excluding hydrogens is 298 g/mol. The number of amides is 2. The van der Waals surface area contributed by atoms with Crippen LogP contribution in [-0.2, 0) is 16.0 Å². The van der Waals surface area contributed by atoms with Crippen LogP contribution in [0.3, 0.4) is 0 Å². The third kappa shape index (κ3) is 4.77. The minimum Gasteiger partial charge on any atom is -0.339 e. The van der Waals surface area contributed by atoms with Gasteiger partial charge in [0, 0.05) is 33.2 Å². The molecule has 1 N–H and O–H groups in total. The Morgan fingerprint density at radius 1 is 1.40 bits per heavy atom. The predicted octanol–water partition coefficient (Wildman–Crippen LogP) is 0.603. The van der Waals surface area contributed by atoms with Gasteiger partial charge in [-0.1, -0.05) is 0 Å². The first-order chi connectivity index (χ1) is 9.16. The topological polar surface area (TPSA) is 52.7 Å². The normalized spacial score (nSPS) is 14.6. The Morgan fingerprint density at radius 2 is 2.10 bits per heavy atom. The average Bonchev–Trinajstić information content (AvgIpc) is 2.92. The zero-order chi connectivity index (χ0) is 13.7. The number of likely N-dealkylation sites (N-methyl/N-ethyl adjacent to an activating group) is 1. The molecule has 1 saturated heterocycles. The van der Waals surface area contributed by atoms with E-state index in [9.17, 15) is 9.59 Å². The van der Waals surface area contributed by atoms with Gasteiger partial charge in [-0.05, 0) is 22.4 Å². The Balaban J connectivity index is 0.00000200. The predicted molar refractivity (Wildman–Crippen MR) is 82.4 cm³/mol. The largest absolute Gasteiger partial charge is 0.339 e. The molecule has 0 radical (unpaired) electrons. The summed E-state index contributed by atoms with van der Waals surface area (Å²) >= 11 is 1.58. The van der Waals surface area contributed by atoms with Gasteiger partial charge in [-0.15, -0.1) is 12.4 Å². The molecule has 1 aliphatic rings. The van der Waals surface area contributed by atoms with Gasteiger partial charge in [-0.25, -0.2) is 0 Å². The van der Waals surface area contributed by atoms with Crippen molar-refractivity contribution >= 4 is 35.6 Å². The van der Waals surface area contributed by atoms with Gasteiger partial charge < -0.3 is 15.1 Å². The summed E-state index contributed by atoms with van der Waals surface area (Å²) in [6.07, 6.45) is 0.370. The van der Waals surface area contributed by atoms with Crippen molar-refractivity contribution in [3.8, 4) is 0 Å². The van der Waals surface area contributed by atoms with Crippen LogP contribution in [0.2, 0.25) is 0 Å². The summed E-state index contributed by atoms with van der Waals surface area (Å²) < 4.78 is 0.